The molecule has 0 saturated carbocycles. The van der Waals surface area contributed by atoms with Crippen molar-refractivity contribution < 1.29 is 24.2 Å². The van der Waals surface area contributed by atoms with Crippen LogP contribution in [0.25, 0.3) is 0 Å². The number of anilines is 2. The molecule has 0 unspecified atom stereocenters. The van der Waals surface area contributed by atoms with Crippen LogP contribution in [0.15, 0.2) is 18.2 Å². The van der Waals surface area contributed by atoms with Crippen LogP contribution in [0.5, 0.6) is 5.75 Å². The monoisotopic (exact) mass is 250 g/mol. The predicted octanol–water partition coefficient (Wildman–Crippen LogP) is 0.431. The van der Waals surface area contributed by atoms with Crippen molar-refractivity contribution in [3.8, 4) is 5.75 Å². The Bertz CT molecular complexity index is 526. The molecule has 2 rings (SSSR count). The topological polar surface area (TPSA) is 105 Å². The molecule has 0 aromatic heterocycles. The number of nitrogens with one attached hydrogen (secondary N) is 2. The summed E-state index contributed by atoms with van der Waals surface area (Å²) in [6.07, 6.45) is 0.242. The average molecular weight is 250 g/mol. The van der Waals surface area contributed by atoms with Gasteiger partial charge in [-0.15, -0.1) is 0 Å². The molecule has 0 saturated heterocycles. The Hall–Kier alpha value is -2.57. The zero-order valence-corrected chi connectivity index (χ0v) is 9.23. The van der Waals surface area contributed by atoms with Gasteiger partial charge in [-0.25, -0.2) is 4.79 Å². The van der Waals surface area contributed by atoms with Gasteiger partial charge in [-0.1, -0.05) is 0 Å². The van der Waals surface area contributed by atoms with Gasteiger partial charge in [-0.3, -0.25) is 9.59 Å². The first kappa shape index (κ1) is 11.9. The van der Waals surface area contributed by atoms with Gasteiger partial charge in [0.1, 0.15) is 5.75 Å². The lowest BCUT2D eigenvalue weighted by Gasteiger charge is -2.09. The summed E-state index contributed by atoms with van der Waals surface area (Å²) in [5.74, 6) is -2.44. The molecule has 0 bridgehead atoms. The molecule has 2 amide bonds. The molecule has 0 atom stereocenters. The van der Waals surface area contributed by atoms with Gasteiger partial charge in [0.05, 0.1) is 18.7 Å². The number of benzene rings is 1. The third-order valence-corrected chi connectivity index (χ3v) is 2.29. The Balaban J connectivity index is 2.23. The normalized spacial score (nSPS) is 13.7. The summed E-state index contributed by atoms with van der Waals surface area (Å²) >= 11 is 0. The van der Waals surface area contributed by atoms with Crippen LogP contribution in [0.4, 0.5) is 11.4 Å². The SMILES string of the molecule is O=C1CCOc2ccc(NC(=O)C(=O)O)cc2N1. The van der Waals surface area contributed by atoms with Crippen molar-refractivity contribution in [2.24, 2.45) is 0 Å². The fourth-order valence-electron chi connectivity index (χ4n) is 1.48. The fourth-order valence-corrected chi connectivity index (χ4v) is 1.48. The van der Waals surface area contributed by atoms with E-state index in [2.05, 4.69) is 10.6 Å². The van der Waals surface area contributed by atoms with Crippen LogP contribution in [0.2, 0.25) is 0 Å². The maximum absolute atomic E-state index is 11.3. The van der Waals surface area contributed by atoms with Crippen LogP contribution in [0, 0.1) is 0 Å². The van der Waals surface area contributed by atoms with Crippen molar-refractivity contribution in [3.05, 3.63) is 18.2 Å². The van der Waals surface area contributed by atoms with Crippen molar-refractivity contribution >= 4 is 29.2 Å². The molecule has 1 aliphatic rings. The molecule has 1 aromatic rings. The first-order valence-electron chi connectivity index (χ1n) is 5.17. The minimum absolute atomic E-state index is 0.199. The molecule has 0 aliphatic carbocycles. The molecule has 1 aliphatic heterocycles. The molecular formula is C11H10N2O5. The molecule has 0 spiro atoms. The number of amides is 2. The molecule has 1 heterocycles. The maximum atomic E-state index is 11.3. The van der Waals surface area contributed by atoms with Crippen LogP contribution in [0.3, 0.4) is 0 Å². The molecule has 18 heavy (non-hydrogen) atoms. The molecule has 0 fully saturated rings. The van der Waals surface area contributed by atoms with Crippen LogP contribution < -0.4 is 15.4 Å². The van der Waals surface area contributed by atoms with E-state index in [0.29, 0.717) is 11.4 Å². The lowest BCUT2D eigenvalue weighted by atomic mass is 10.2. The van der Waals surface area contributed by atoms with E-state index in [4.69, 9.17) is 9.84 Å². The number of carbonyl (C=O) groups excluding carboxylic acids is 2. The number of fused-ring (bicyclic) bond motifs is 1. The Morgan fingerprint density at radius 1 is 1.39 bits per heavy atom. The molecular weight excluding hydrogens is 240 g/mol. The second-order valence-corrected chi connectivity index (χ2v) is 3.62. The van der Waals surface area contributed by atoms with Gasteiger partial charge in [0.15, 0.2) is 0 Å². The van der Waals surface area contributed by atoms with Gasteiger partial charge in [0.2, 0.25) is 5.91 Å². The number of hydrogen-bond donors (Lipinski definition) is 3. The lowest BCUT2D eigenvalue weighted by molar-refractivity contribution is -0.147. The maximum Gasteiger partial charge on any atom is 0.394 e. The van der Waals surface area contributed by atoms with E-state index in [1.165, 1.54) is 12.1 Å². The largest absolute Gasteiger partial charge is 0.491 e. The number of ether oxygens (including phenoxy) is 1. The van der Waals surface area contributed by atoms with Gasteiger partial charge in [0, 0.05) is 5.69 Å². The number of carboxylic acid groups (broad SMARTS) is 1. The molecule has 94 valence electrons. The number of rotatable bonds is 1. The van der Waals surface area contributed by atoms with E-state index in [0.717, 1.165) is 0 Å². The number of hydrogen-bond acceptors (Lipinski definition) is 4. The summed E-state index contributed by atoms with van der Waals surface area (Å²) in [5.41, 5.74) is 0.674. The van der Waals surface area contributed by atoms with Crippen LogP contribution in [-0.4, -0.2) is 29.5 Å². The second-order valence-electron chi connectivity index (χ2n) is 3.62. The molecule has 7 heteroatoms. The molecule has 7 nitrogen and oxygen atoms in total. The Morgan fingerprint density at radius 3 is 2.89 bits per heavy atom. The Morgan fingerprint density at radius 2 is 2.17 bits per heavy atom. The zero-order valence-electron chi connectivity index (χ0n) is 9.23. The van der Waals surface area contributed by atoms with Crippen LogP contribution in [-0.2, 0) is 14.4 Å². The summed E-state index contributed by atoms with van der Waals surface area (Å²) in [6.45, 7) is 0.277. The predicted molar refractivity (Wildman–Crippen MR) is 61.4 cm³/mol. The highest BCUT2D eigenvalue weighted by molar-refractivity contribution is 6.36. The standard InChI is InChI=1S/C11H10N2O5/c14-9-3-4-18-8-2-1-6(5-7(8)13-9)12-10(15)11(16)17/h1-2,5H,3-4H2,(H,12,15)(H,13,14)(H,16,17). The Labute approximate surface area is 102 Å². The summed E-state index contributed by atoms with van der Waals surface area (Å²) in [5, 5.41) is 13.2. The third-order valence-electron chi connectivity index (χ3n) is 2.29. The van der Waals surface area contributed by atoms with E-state index >= 15 is 0 Å². The van der Waals surface area contributed by atoms with E-state index in [-0.39, 0.29) is 24.6 Å². The van der Waals surface area contributed by atoms with Crippen molar-refractivity contribution in [1.82, 2.24) is 0 Å². The lowest BCUT2D eigenvalue weighted by Crippen LogP contribution is -2.21. The van der Waals surface area contributed by atoms with Crippen molar-refractivity contribution in [2.45, 2.75) is 6.42 Å². The quantitative estimate of drug-likeness (QED) is 0.627. The van der Waals surface area contributed by atoms with E-state index in [1.807, 2.05) is 0 Å². The van der Waals surface area contributed by atoms with Crippen LogP contribution in [0.1, 0.15) is 6.42 Å². The third kappa shape index (κ3) is 2.57. The first-order chi connectivity index (χ1) is 8.56. The fraction of sp³-hybridized carbons (Fsp3) is 0.182. The van der Waals surface area contributed by atoms with E-state index in [9.17, 15) is 14.4 Å². The van der Waals surface area contributed by atoms with Gasteiger partial charge >= 0.3 is 11.9 Å². The average Bonchev–Trinajstić information content (AvgIpc) is 2.49. The van der Waals surface area contributed by atoms with Gasteiger partial charge in [-0.05, 0) is 18.2 Å². The smallest absolute Gasteiger partial charge is 0.394 e. The molecule has 0 radical (unpaired) electrons. The molecule has 1 aromatic carbocycles. The van der Waals surface area contributed by atoms with E-state index in [1.54, 1.807) is 6.07 Å². The highest BCUT2D eigenvalue weighted by Gasteiger charge is 2.16. The minimum atomic E-state index is -1.58. The van der Waals surface area contributed by atoms with Gasteiger partial charge in [0.25, 0.3) is 0 Å². The summed E-state index contributed by atoms with van der Waals surface area (Å²) in [7, 11) is 0. The minimum Gasteiger partial charge on any atom is -0.491 e. The molecule has 3 N–H and O–H groups in total. The van der Waals surface area contributed by atoms with E-state index < -0.39 is 11.9 Å². The first-order valence-corrected chi connectivity index (χ1v) is 5.17. The number of carboxylic acids is 1. The summed E-state index contributed by atoms with van der Waals surface area (Å²) in [6, 6.07) is 4.49. The van der Waals surface area contributed by atoms with Crippen molar-refractivity contribution in [1.29, 1.82) is 0 Å². The summed E-state index contributed by atoms with van der Waals surface area (Å²) in [4.78, 5) is 32.7. The van der Waals surface area contributed by atoms with Crippen molar-refractivity contribution in [2.75, 3.05) is 17.2 Å². The van der Waals surface area contributed by atoms with Crippen LogP contribution >= 0.6 is 0 Å². The number of carbonyl (C=O) groups is 3. The zero-order chi connectivity index (χ0) is 13.1. The van der Waals surface area contributed by atoms with Crippen molar-refractivity contribution in [3.63, 3.8) is 0 Å². The Kier molecular flexibility index (Phi) is 3.13. The number of aliphatic carboxylic acids is 1. The highest BCUT2D eigenvalue weighted by atomic mass is 16.5. The second kappa shape index (κ2) is 4.74. The van der Waals surface area contributed by atoms with Gasteiger partial charge in [-0.2, -0.15) is 0 Å². The van der Waals surface area contributed by atoms with Gasteiger partial charge < -0.3 is 20.5 Å². The summed E-state index contributed by atoms with van der Waals surface area (Å²) < 4.78 is 5.31. The highest BCUT2D eigenvalue weighted by Crippen LogP contribution is 2.29.